The van der Waals surface area contributed by atoms with E-state index in [1.54, 1.807) is 25.0 Å². The number of hydrogen-bond donors (Lipinski definition) is 1. The summed E-state index contributed by atoms with van der Waals surface area (Å²) in [6.45, 7) is 0. The van der Waals surface area contributed by atoms with Gasteiger partial charge < -0.3 is 5.32 Å². The summed E-state index contributed by atoms with van der Waals surface area (Å²) in [5, 5.41) is 6.98. The summed E-state index contributed by atoms with van der Waals surface area (Å²) in [6, 6.07) is 1.71. The van der Waals surface area contributed by atoms with Crippen LogP contribution in [-0.2, 0) is 13.5 Å². The average molecular weight is 269 g/mol. The largest absolute Gasteiger partial charge is 0.313 e. The lowest BCUT2D eigenvalue weighted by molar-refractivity contribution is 0.441. The van der Waals surface area contributed by atoms with Crippen molar-refractivity contribution in [3.05, 3.63) is 53.1 Å². The number of nitrogens with zero attached hydrogens (tertiary/aromatic N) is 2. The molecule has 0 saturated heterocycles. The lowest BCUT2D eigenvalue weighted by Crippen LogP contribution is -2.19. The van der Waals surface area contributed by atoms with E-state index < -0.39 is 17.5 Å². The lowest BCUT2D eigenvalue weighted by Gasteiger charge is -2.16. The van der Waals surface area contributed by atoms with Crippen molar-refractivity contribution in [2.75, 3.05) is 7.05 Å². The second-order valence-corrected chi connectivity index (χ2v) is 4.37. The monoisotopic (exact) mass is 269 g/mol. The van der Waals surface area contributed by atoms with E-state index in [-0.39, 0.29) is 6.04 Å². The second-order valence-electron chi connectivity index (χ2n) is 4.37. The van der Waals surface area contributed by atoms with Crippen LogP contribution in [0, 0.1) is 17.5 Å². The van der Waals surface area contributed by atoms with Crippen LogP contribution in [-0.4, -0.2) is 16.8 Å². The Morgan fingerprint density at radius 3 is 2.37 bits per heavy atom. The summed E-state index contributed by atoms with van der Waals surface area (Å²) >= 11 is 0. The van der Waals surface area contributed by atoms with Crippen LogP contribution in [0.2, 0.25) is 0 Å². The number of benzene rings is 1. The van der Waals surface area contributed by atoms with Crippen molar-refractivity contribution in [3.8, 4) is 0 Å². The molecule has 0 bridgehead atoms. The molecule has 0 radical (unpaired) electrons. The molecule has 2 rings (SSSR count). The number of aryl methyl sites for hydroxylation is 1. The van der Waals surface area contributed by atoms with Gasteiger partial charge in [-0.05, 0) is 36.7 Å². The molecule has 1 aromatic carbocycles. The Hall–Kier alpha value is -1.82. The molecule has 0 amide bonds. The molecule has 1 N–H and O–H groups in total. The van der Waals surface area contributed by atoms with E-state index in [4.69, 9.17) is 0 Å². The molecular formula is C13H14F3N3. The van der Waals surface area contributed by atoms with E-state index in [0.717, 1.165) is 17.7 Å². The van der Waals surface area contributed by atoms with Gasteiger partial charge in [0.25, 0.3) is 0 Å². The zero-order chi connectivity index (χ0) is 14.0. The van der Waals surface area contributed by atoms with E-state index in [1.807, 2.05) is 6.20 Å². The lowest BCUT2D eigenvalue weighted by atomic mass is 10.0. The highest BCUT2D eigenvalue weighted by atomic mass is 19.2. The summed E-state index contributed by atoms with van der Waals surface area (Å²) in [6.07, 6.45) is 4.01. The standard InChI is InChI=1S/C13H14F3N3/c1-17-12(3-8-6-18-19(2)7-8)9-4-10(14)13(16)11(15)5-9/h4-7,12,17H,3H2,1-2H3. The van der Waals surface area contributed by atoms with Gasteiger partial charge in [0.1, 0.15) is 0 Å². The van der Waals surface area contributed by atoms with E-state index in [2.05, 4.69) is 10.4 Å². The molecule has 0 fully saturated rings. The van der Waals surface area contributed by atoms with Crippen LogP contribution in [0.25, 0.3) is 0 Å². The molecule has 6 heteroatoms. The Bertz CT molecular complexity index is 557. The average Bonchev–Trinajstić information content (AvgIpc) is 2.78. The van der Waals surface area contributed by atoms with Crippen molar-refractivity contribution < 1.29 is 13.2 Å². The van der Waals surface area contributed by atoms with Crippen molar-refractivity contribution >= 4 is 0 Å². The maximum Gasteiger partial charge on any atom is 0.194 e. The fourth-order valence-corrected chi connectivity index (χ4v) is 1.98. The molecule has 1 heterocycles. The topological polar surface area (TPSA) is 29.9 Å². The summed E-state index contributed by atoms with van der Waals surface area (Å²) in [7, 11) is 3.47. The Morgan fingerprint density at radius 1 is 1.26 bits per heavy atom. The first-order valence-electron chi connectivity index (χ1n) is 5.80. The Kier molecular flexibility index (Phi) is 3.90. The van der Waals surface area contributed by atoms with Gasteiger partial charge in [-0.1, -0.05) is 0 Å². The summed E-state index contributed by atoms with van der Waals surface area (Å²) in [5.41, 5.74) is 1.29. The Labute approximate surface area is 109 Å². The maximum atomic E-state index is 13.2. The predicted octanol–water partition coefficient (Wildman–Crippen LogP) is 2.34. The Balaban J connectivity index is 2.27. The minimum Gasteiger partial charge on any atom is -0.313 e. The SMILES string of the molecule is CNC(Cc1cnn(C)c1)c1cc(F)c(F)c(F)c1. The van der Waals surface area contributed by atoms with Crippen LogP contribution in [0.15, 0.2) is 24.5 Å². The first-order chi connectivity index (χ1) is 9.01. The fourth-order valence-electron chi connectivity index (χ4n) is 1.98. The number of hydrogen-bond acceptors (Lipinski definition) is 2. The highest BCUT2D eigenvalue weighted by Crippen LogP contribution is 2.22. The molecule has 0 saturated carbocycles. The van der Waals surface area contributed by atoms with Crippen LogP contribution in [0.1, 0.15) is 17.2 Å². The molecule has 3 nitrogen and oxygen atoms in total. The van der Waals surface area contributed by atoms with Crippen molar-refractivity contribution in [2.45, 2.75) is 12.5 Å². The van der Waals surface area contributed by atoms with Gasteiger partial charge in [-0.3, -0.25) is 4.68 Å². The number of halogens is 3. The second kappa shape index (κ2) is 5.44. The van der Waals surface area contributed by atoms with E-state index in [9.17, 15) is 13.2 Å². The van der Waals surface area contributed by atoms with Crippen molar-refractivity contribution in [3.63, 3.8) is 0 Å². The van der Waals surface area contributed by atoms with Gasteiger partial charge in [-0.25, -0.2) is 13.2 Å². The first-order valence-corrected chi connectivity index (χ1v) is 5.80. The molecule has 0 aliphatic rings. The molecule has 2 aromatic rings. The third-order valence-electron chi connectivity index (χ3n) is 2.96. The van der Waals surface area contributed by atoms with Crippen LogP contribution < -0.4 is 5.32 Å². The molecule has 19 heavy (non-hydrogen) atoms. The molecular weight excluding hydrogens is 255 g/mol. The highest BCUT2D eigenvalue weighted by molar-refractivity contribution is 5.24. The number of aromatic nitrogens is 2. The van der Waals surface area contributed by atoms with Gasteiger partial charge in [0.05, 0.1) is 6.20 Å². The van der Waals surface area contributed by atoms with E-state index >= 15 is 0 Å². The predicted molar refractivity (Wildman–Crippen MR) is 65.0 cm³/mol. The van der Waals surface area contributed by atoms with Gasteiger partial charge in [0.15, 0.2) is 17.5 Å². The van der Waals surface area contributed by atoms with Gasteiger partial charge in [-0.15, -0.1) is 0 Å². The van der Waals surface area contributed by atoms with Crippen molar-refractivity contribution in [1.82, 2.24) is 15.1 Å². The Morgan fingerprint density at radius 2 is 1.89 bits per heavy atom. The van der Waals surface area contributed by atoms with Gasteiger partial charge in [-0.2, -0.15) is 5.10 Å². The van der Waals surface area contributed by atoms with Crippen LogP contribution in [0.5, 0.6) is 0 Å². The van der Waals surface area contributed by atoms with Gasteiger partial charge in [0, 0.05) is 19.3 Å². The minimum absolute atomic E-state index is 0.311. The minimum atomic E-state index is -1.44. The van der Waals surface area contributed by atoms with Crippen molar-refractivity contribution in [1.29, 1.82) is 0 Å². The zero-order valence-electron chi connectivity index (χ0n) is 10.6. The van der Waals surface area contributed by atoms with Gasteiger partial charge in [0.2, 0.25) is 0 Å². The number of likely N-dealkylation sites (N-methyl/N-ethyl adjacent to an activating group) is 1. The zero-order valence-corrected chi connectivity index (χ0v) is 10.6. The smallest absolute Gasteiger partial charge is 0.194 e. The van der Waals surface area contributed by atoms with Crippen LogP contribution >= 0.6 is 0 Å². The molecule has 0 spiro atoms. The van der Waals surface area contributed by atoms with Gasteiger partial charge >= 0.3 is 0 Å². The third-order valence-corrected chi connectivity index (χ3v) is 2.96. The quantitative estimate of drug-likeness (QED) is 0.863. The number of nitrogens with one attached hydrogen (secondary N) is 1. The highest BCUT2D eigenvalue weighted by Gasteiger charge is 2.17. The molecule has 1 unspecified atom stereocenters. The van der Waals surface area contributed by atoms with Crippen LogP contribution in [0.3, 0.4) is 0 Å². The molecule has 1 aromatic heterocycles. The molecule has 0 aliphatic heterocycles. The summed E-state index contributed by atoms with van der Waals surface area (Å²) in [4.78, 5) is 0. The van der Waals surface area contributed by atoms with E-state index in [0.29, 0.717) is 12.0 Å². The summed E-state index contributed by atoms with van der Waals surface area (Å²) in [5.74, 6) is -3.80. The van der Waals surface area contributed by atoms with Crippen LogP contribution in [0.4, 0.5) is 13.2 Å². The normalized spacial score (nSPS) is 12.7. The molecule has 102 valence electrons. The first kappa shape index (κ1) is 13.6. The fraction of sp³-hybridized carbons (Fsp3) is 0.308. The maximum absolute atomic E-state index is 13.2. The molecule has 1 atom stereocenters. The number of rotatable bonds is 4. The van der Waals surface area contributed by atoms with Crippen molar-refractivity contribution in [2.24, 2.45) is 7.05 Å². The third kappa shape index (κ3) is 2.96. The molecule has 0 aliphatic carbocycles. The summed E-state index contributed by atoms with van der Waals surface area (Å²) < 4.78 is 41.0. The van der Waals surface area contributed by atoms with E-state index in [1.165, 1.54) is 0 Å².